The number of carbonyl (C=O) groups excluding carboxylic acids is 1. The van der Waals surface area contributed by atoms with Crippen LogP contribution in [-0.2, 0) is 16.4 Å². The molecule has 1 fully saturated rings. The van der Waals surface area contributed by atoms with E-state index in [1.807, 2.05) is 12.1 Å². The molecule has 8 heteroatoms. The van der Waals surface area contributed by atoms with Gasteiger partial charge in [-0.1, -0.05) is 29.8 Å². The molecule has 2 aliphatic rings. The Balaban J connectivity index is 1.43. The molecule has 1 atom stereocenters. The molecule has 0 radical (unpaired) electrons. The Morgan fingerprint density at radius 2 is 1.97 bits per heavy atom. The maximum Gasteiger partial charge on any atom is 0.251 e. The van der Waals surface area contributed by atoms with Crippen LogP contribution in [0.4, 0.5) is 5.69 Å². The van der Waals surface area contributed by atoms with Gasteiger partial charge in [0.25, 0.3) is 5.91 Å². The molecule has 0 bridgehead atoms. The Bertz CT molecular complexity index is 1270. The van der Waals surface area contributed by atoms with Gasteiger partial charge in [-0.25, -0.2) is 8.42 Å². The van der Waals surface area contributed by atoms with Gasteiger partial charge in [-0.2, -0.15) is 0 Å². The van der Waals surface area contributed by atoms with Gasteiger partial charge < -0.3 is 10.3 Å². The van der Waals surface area contributed by atoms with Gasteiger partial charge >= 0.3 is 0 Å². The van der Waals surface area contributed by atoms with Crippen LogP contribution in [0.5, 0.6) is 0 Å². The number of sulfonamides is 1. The lowest BCUT2D eigenvalue weighted by Crippen LogP contribution is -2.38. The van der Waals surface area contributed by atoms with Crippen molar-refractivity contribution in [2.45, 2.75) is 38.1 Å². The molecule has 0 unspecified atom stereocenters. The number of fused-ring (bicyclic) bond motifs is 3. The van der Waals surface area contributed by atoms with E-state index in [2.05, 4.69) is 22.4 Å². The zero-order valence-corrected chi connectivity index (χ0v) is 18.6. The summed E-state index contributed by atoms with van der Waals surface area (Å²) in [7, 11) is -3.41. The number of aryl methyl sites for hydroxylation is 1. The second-order valence-corrected chi connectivity index (χ2v) is 10.7. The quantitative estimate of drug-likeness (QED) is 0.604. The lowest BCUT2D eigenvalue weighted by Gasteiger charge is -2.29. The van der Waals surface area contributed by atoms with Crippen LogP contribution in [0.1, 0.15) is 53.3 Å². The minimum Gasteiger partial charge on any atom is -0.356 e. The highest BCUT2D eigenvalue weighted by molar-refractivity contribution is 7.92. The number of H-pyrrole nitrogens is 1. The largest absolute Gasteiger partial charge is 0.356 e. The van der Waals surface area contributed by atoms with E-state index in [0.717, 1.165) is 36.9 Å². The van der Waals surface area contributed by atoms with Gasteiger partial charge in [0.05, 0.1) is 22.5 Å². The molecule has 1 amide bonds. The van der Waals surface area contributed by atoms with Gasteiger partial charge in [0.15, 0.2) is 0 Å². The van der Waals surface area contributed by atoms with E-state index in [9.17, 15) is 13.2 Å². The molecule has 1 aliphatic heterocycles. The van der Waals surface area contributed by atoms with Crippen LogP contribution in [0.2, 0.25) is 5.02 Å². The van der Waals surface area contributed by atoms with Gasteiger partial charge in [-0.05, 0) is 61.9 Å². The van der Waals surface area contributed by atoms with Gasteiger partial charge in [-0.3, -0.25) is 9.10 Å². The fraction of sp³-hybridized carbons (Fsp3) is 0.348. The predicted molar refractivity (Wildman–Crippen MR) is 123 cm³/mol. The van der Waals surface area contributed by atoms with Crippen LogP contribution < -0.4 is 9.62 Å². The molecule has 1 aromatic heterocycles. The fourth-order valence-electron chi connectivity index (χ4n) is 4.71. The lowest BCUT2D eigenvalue weighted by molar-refractivity contribution is 0.0932. The highest BCUT2D eigenvalue weighted by Gasteiger charge is 2.29. The molecule has 2 N–H and O–H groups in total. The van der Waals surface area contributed by atoms with E-state index in [-0.39, 0.29) is 17.7 Å². The first-order chi connectivity index (χ1) is 14.9. The number of nitrogens with zero attached hydrogens (tertiary/aromatic N) is 1. The molecule has 2 aromatic carbocycles. The monoisotopic (exact) mass is 457 g/mol. The summed E-state index contributed by atoms with van der Waals surface area (Å²) in [6.07, 6.45) is 4.26. The van der Waals surface area contributed by atoms with Crippen molar-refractivity contribution >= 4 is 44.1 Å². The third-order valence-corrected chi connectivity index (χ3v) is 8.42. The highest BCUT2D eigenvalue weighted by Crippen LogP contribution is 2.35. The first kappa shape index (κ1) is 20.4. The average Bonchev–Trinajstić information content (AvgIpc) is 3.14. The van der Waals surface area contributed by atoms with E-state index in [0.29, 0.717) is 29.2 Å². The number of benzene rings is 2. The number of para-hydroxylation sites is 1. The molecule has 162 valence electrons. The number of anilines is 1. The molecule has 1 aliphatic carbocycles. The summed E-state index contributed by atoms with van der Waals surface area (Å²) >= 11 is 6.32. The van der Waals surface area contributed by atoms with E-state index in [4.69, 9.17) is 11.6 Å². The van der Waals surface area contributed by atoms with Gasteiger partial charge in [-0.15, -0.1) is 0 Å². The maximum absolute atomic E-state index is 13.1. The molecular weight excluding hydrogens is 434 g/mol. The number of aromatic nitrogens is 1. The fourth-order valence-corrected chi connectivity index (χ4v) is 6.62. The Labute approximate surface area is 186 Å². The average molecular weight is 458 g/mol. The lowest BCUT2D eigenvalue weighted by atomic mass is 9.91. The van der Waals surface area contributed by atoms with Crippen molar-refractivity contribution in [2.75, 3.05) is 16.6 Å². The molecule has 31 heavy (non-hydrogen) atoms. The van der Waals surface area contributed by atoms with Gasteiger partial charge in [0.1, 0.15) is 0 Å². The van der Waals surface area contributed by atoms with Crippen LogP contribution in [0.15, 0.2) is 42.5 Å². The smallest absolute Gasteiger partial charge is 0.251 e. The molecule has 2 heterocycles. The van der Waals surface area contributed by atoms with Crippen LogP contribution in [-0.4, -0.2) is 31.6 Å². The molecule has 5 rings (SSSR count). The standard InChI is InChI=1S/C23H24ClN3O3S/c24-18-11-10-15(14-21(18)27-12-3-4-13-31(27,29)30)23(28)26-20-9-5-7-17-16-6-1-2-8-19(16)25-22(17)20/h1-2,6,8,10-11,14,20,25H,3-5,7,9,12-13H2,(H,26,28)/t20-/m1/s1. The number of halogens is 1. The second kappa shape index (κ2) is 7.88. The van der Waals surface area contributed by atoms with E-state index in [1.165, 1.54) is 15.3 Å². The van der Waals surface area contributed by atoms with Crippen molar-refractivity contribution in [3.8, 4) is 0 Å². The summed E-state index contributed by atoms with van der Waals surface area (Å²) in [6, 6.07) is 12.9. The predicted octanol–water partition coefficient (Wildman–Crippen LogP) is 4.56. The van der Waals surface area contributed by atoms with Crippen molar-refractivity contribution in [1.29, 1.82) is 0 Å². The topological polar surface area (TPSA) is 82.3 Å². The Hall–Kier alpha value is -2.51. The van der Waals surface area contributed by atoms with Crippen molar-refractivity contribution in [3.63, 3.8) is 0 Å². The zero-order valence-electron chi connectivity index (χ0n) is 17.0. The Morgan fingerprint density at radius 3 is 2.81 bits per heavy atom. The van der Waals surface area contributed by atoms with Gasteiger partial charge in [0, 0.05) is 28.7 Å². The minimum absolute atomic E-state index is 0.102. The number of aromatic amines is 1. The van der Waals surface area contributed by atoms with Crippen molar-refractivity contribution in [2.24, 2.45) is 0 Å². The number of rotatable bonds is 3. The molecule has 0 saturated carbocycles. The summed E-state index contributed by atoms with van der Waals surface area (Å²) in [5, 5.41) is 4.68. The highest BCUT2D eigenvalue weighted by atomic mass is 35.5. The summed E-state index contributed by atoms with van der Waals surface area (Å²) < 4.78 is 26.4. The van der Waals surface area contributed by atoms with E-state index >= 15 is 0 Å². The third kappa shape index (κ3) is 3.70. The molecule has 3 aromatic rings. The number of hydrogen-bond acceptors (Lipinski definition) is 3. The van der Waals surface area contributed by atoms with Crippen molar-refractivity contribution in [1.82, 2.24) is 10.3 Å². The molecule has 6 nitrogen and oxygen atoms in total. The van der Waals surface area contributed by atoms with Crippen molar-refractivity contribution < 1.29 is 13.2 Å². The normalized spacial score (nSPS) is 20.4. The molecule has 1 saturated heterocycles. The number of carbonyl (C=O) groups is 1. The maximum atomic E-state index is 13.1. The summed E-state index contributed by atoms with van der Waals surface area (Å²) in [5.41, 5.74) is 4.20. The molecular formula is C23H24ClN3O3S. The van der Waals surface area contributed by atoms with E-state index < -0.39 is 10.0 Å². The number of hydrogen-bond donors (Lipinski definition) is 2. The first-order valence-corrected chi connectivity index (χ1v) is 12.6. The van der Waals surface area contributed by atoms with Crippen LogP contribution in [0.3, 0.4) is 0 Å². The first-order valence-electron chi connectivity index (χ1n) is 10.6. The number of amides is 1. The summed E-state index contributed by atoms with van der Waals surface area (Å²) in [4.78, 5) is 16.6. The molecule has 0 spiro atoms. The SMILES string of the molecule is O=C(N[C@@H]1CCCc2c1[nH]c1ccccc21)c1ccc(Cl)c(N2CCCCS2(=O)=O)c1. The van der Waals surface area contributed by atoms with Crippen LogP contribution >= 0.6 is 11.6 Å². The van der Waals surface area contributed by atoms with E-state index in [1.54, 1.807) is 18.2 Å². The third-order valence-electron chi connectivity index (χ3n) is 6.25. The Morgan fingerprint density at radius 1 is 1.13 bits per heavy atom. The summed E-state index contributed by atoms with van der Waals surface area (Å²) in [5.74, 6) is -0.130. The van der Waals surface area contributed by atoms with Crippen LogP contribution in [0.25, 0.3) is 10.9 Å². The zero-order chi connectivity index (χ0) is 21.6. The van der Waals surface area contributed by atoms with Crippen molar-refractivity contribution in [3.05, 3.63) is 64.3 Å². The Kier molecular flexibility index (Phi) is 5.18. The number of nitrogens with one attached hydrogen (secondary N) is 2. The second-order valence-electron chi connectivity index (χ2n) is 8.24. The minimum atomic E-state index is -3.41. The van der Waals surface area contributed by atoms with Crippen LogP contribution in [0, 0.1) is 0 Å². The summed E-state index contributed by atoms with van der Waals surface area (Å²) in [6.45, 7) is 0.383. The van der Waals surface area contributed by atoms with Gasteiger partial charge in [0.2, 0.25) is 10.0 Å².